The Kier molecular flexibility index (Phi) is 11.4. The van der Waals surface area contributed by atoms with Crippen molar-refractivity contribution in [2.24, 2.45) is 0 Å². The van der Waals surface area contributed by atoms with E-state index < -0.39 is 23.8 Å². The highest BCUT2D eigenvalue weighted by Gasteiger charge is 2.45. The Labute approximate surface area is 251 Å². The molecule has 1 saturated heterocycles. The molecule has 3 amide bonds. The molecule has 4 rings (SSSR count). The first-order valence-electron chi connectivity index (χ1n) is 13.7. The van der Waals surface area contributed by atoms with Crippen LogP contribution in [0.2, 0.25) is 0 Å². The second kappa shape index (κ2) is 15.2. The first kappa shape index (κ1) is 32.3. The highest BCUT2D eigenvalue weighted by molar-refractivity contribution is 7.05. The number of ether oxygens (including phenoxy) is 3. The summed E-state index contributed by atoms with van der Waals surface area (Å²) in [5, 5.41) is 5.96. The molecule has 14 heteroatoms. The number of carbonyl (C=O) groups excluding carboxylic acids is 2. The molecule has 10 nitrogen and oxygen atoms in total. The third kappa shape index (κ3) is 8.07. The molecular formula is C29H34F3N5O5S. The Morgan fingerprint density at radius 2 is 1.86 bits per heavy atom. The highest BCUT2D eigenvalue weighted by Crippen LogP contribution is 2.42. The number of aromatic nitrogens is 2. The second-order valence-electron chi connectivity index (χ2n) is 9.97. The van der Waals surface area contributed by atoms with Crippen molar-refractivity contribution in [3.8, 4) is 0 Å². The normalized spacial score (nSPS) is 16.6. The number of hydrogen-bond acceptors (Lipinski definition) is 8. The zero-order chi connectivity index (χ0) is 30.8. The first-order valence-corrected chi connectivity index (χ1v) is 14.5. The molecule has 3 aromatic rings. The summed E-state index contributed by atoms with van der Waals surface area (Å²) >= 11 is 1.17. The zero-order valence-corrected chi connectivity index (χ0v) is 24.7. The van der Waals surface area contributed by atoms with Crippen molar-refractivity contribution in [2.75, 3.05) is 65.1 Å². The van der Waals surface area contributed by atoms with Gasteiger partial charge in [-0.2, -0.15) is 4.37 Å². The van der Waals surface area contributed by atoms with E-state index in [-0.39, 0.29) is 48.9 Å². The summed E-state index contributed by atoms with van der Waals surface area (Å²) < 4.78 is 61.4. The number of likely N-dealkylation sites (tertiary alicyclic amines) is 1. The van der Waals surface area contributed by atoms with Crippen LogP contribution in [0.15, 0.2) is 42.7 Å². The molecule has 0 unspecified atom stereocenters. The summed E-state index contributed by atoms with van der Waals surface area (Å²) in [6.07, 6.45) is -0.946. The molecule has 0 spiro atoms. The van der Waals surface area contributed by atoms with Gasteiger partial charge in [0, 0.05) is 32.3 Å². The number of urea groups is 1. The summed E-state index contributed by atoms with van der Waals surface area (Å²) in [5.74, 6) is -0.930. The van der Waals surface area contributed by atoms with Gasteiger partial charge in [-0.25, -0.2) is 22.9 Å². The minimum absolute atomic E-state index is 0.0239. The van der Waals surface area contributed by atoms with Gasteiger partial charge in [0.1, 0.15) is 17.2 Å². The average Bonchev–Trinajstić information content (AvgIpc) is 3.69. The Morgan fingerprint density at radius 3 is 2.56 bits per heavy atom. The molecule has 1 atom stereocenters. The zero-order valence-electron chi connectivity index (χ0n) is 23.9. The van der Waals surface area contributed by atoms with Gasteiger partial charge in [-0.15, -0.1) is 0 Å². The number of nitrogens with zero attached hydrogens (tertiary/aromatic N) is 3. The van der Waals surface area contributed by atoms with Crippen LogP contribution in [0.25, 0.3) is 0 Å². The SMILES string of the molecule is COCCOCCOCCNC(=O)c1ccc(C(F)F)cc1NC(=O)N1CC[C@@](c2ccc(C)c(F)c2)(c2ncns2)C1. The number of benzene rings is 2. The van der Waals surface area contributed by atoms with Crippen LogP contribution in [0.3, 0.4) is 0 Å². The quantitative estimate of drug-likeness (QED) is 0.254. The topological polar surface area (TPSA) is 115 Å². The number of methoxy groups -OCH3 is 1. The van der Waals surface area contributed by atoms with Gasteiger partial charge in [-0.05, 0) is 54.2 Å². The summed E-state index contributed by atoms with van der Waals surface area (Å²) in [7, 11) is 1.58. The van der Waals surface area contributed by atoms with Crippen molar-refractivity contribution in [1.29, 1.82) is 0 Å². The lowest BCUT2D eigenvalue weighted by atomic mass is 9.80. The van der Waals surface area contributed by atoms with E-state index in [9.17, 15) is 22.8 Å². The molecule has 2 aromatic carbocycles. The average molecular weight is 622 g/mol. The fourth-order valence-electron chi connectivity index (χ4n) is 4.78. The maximum absolute atomic E-state index is 14.6. The van der Waals surface area contributed by atoms with Crippen LogP contribution in [0.4, 0.5) is 23.7 Å². The molecular weight excluding hydrogens is 587 g/mol. The van der Waals surface area contributed by atoms with Crippen LogP contribution in [0, 0.1) is 12.7 Å². The largest absolute Gasteiger partial charge is 0.382 e. The Morgan fingerprint density at radius 1 is 1.09 bits per heavy atom. The molecule has 43 heavy (non-hydrogen) atoms. The summed E-state index contributed by atoms with van der Waals surface area (Å²) in [6.45, 7) is 4.09. The van der Waals surface area contributed by atoms with Crippen molar-refractivity contribution >= 4 is 29.2 Å². The number of alkyl halides is 2. The highest BCUT2D eigenvalue weighted by atomic mass is 32.1. The van der Waals surface area contributed by atoms with E-state index in [2.05, 4.69) is 20.0 Å². The third-order valence-corrected chi connectivity index (χ3v) is 8.04. The molecule has 1 aromatic heterocycles. The molecule has 1 aliphatic heterocycles. The van der Waals surface area contributed by atoms with Crippen LogP contribution in [0.1, 0.15) is 44.9 Å². The molecule has 1 aliphatic rings. The molecule has 0 aliphatic carbocycles. The lowest BCUT2D eigenvalue weighted by Crippen LogP contribution is -2.38. The fourth-order valence-corrected chi connectivity index (χ4v) is 5.53. The number of rotatable bonds is 14. The summed E-state index contributed by atoms with van der Waals surface area (Å²) in [5.41, 5.74) is -0.0210. The predicted octanol–water partition coefficient (Wildman–Crippen LogP) is 4.56. The number of halogens is 3. The van der Waals surface area contributed by atoms with E-state index in [0.717, 1.165) is 12.1 Å². The molecule has 1 fully saturated rings. The maximum atomic E-state index is 14.6. The van der Waals surface area contributed by atoms with Crippen LogP contribution < -0.4 is 10.6 Å². The van der Waals surface area contributed by atoms with E-state index in [1.54, 1.807) is 20.1 Å². The van der Waals surface area contributed by atoms with Crippen LogP contribution in [-0.4, -0.2) is 86.0 Å². The number of hydrogen-bond donors (Lipinski definition) is 2. The third-order valence-electron chi connectivity index (χ3n) is 7.17. The maximum Gasteiger partial charge on any atom is 0.321 e. The van der Waals surface area contributed by atoms with E-state index in [1.165, 1.54) is 34.9 Å². The standard InChI is InChI=1S/C29H34F3N5O5S/c1-19-3-5-21(16-23(19)30)29(27-34-18-35-43-27)7-9-37(17-29)28(39)36-24-15-20(25(31)32)4-6-22(24)26(38)33-8-10-41-13-14-42-12-11-40-2/h3-6,15-16,18,25H,7-14,17H2,1-2H3,(H,33,38)(H,36,39)/t29-/m1/s1. The van der Waals surface area contributed by atoms with Crippen LogP contribution in [-0.2, 0) is 19.6 Å². The van der Waals surface area contributed by atoms with Gasteiger partial charge < -0.3 is 29.7 Å². The smallest absolute Gasteiger partial charge is 0.321 e. The van der Waals surface area contributed by atoms with E-state index in [1.807, 2.05) is 6.07 Å². The Bertz CT molecular complexity index is 1380. The van der Waals surface area contributed by atoms with Crippen LogP contribution >= 0.6 is 11.5 Å². The number of carbonyl (C=O) groups is 2. The number of nitrogens with one attached hydrogen (secondary N) is 2. The van der Waals surface area contributed by atoms with E-state index in [4.69, 9.17) is 14.2 Å². The van der Waals surface area contributed by atoms with Gasteiger partial charge in [0.15, 0.2) is 0 Å². The summed E-state index contributed by atoms with van der Waals surface area (Å²) in [6, 6.07) is 7.84. The summed E-state index contributed by atoms with van der Waals surface area (Å²) in [4.78, 5) is 32.3. The molecule has 0 saturated carbocycles. The van der Waals surface area contributed by atoms with E-state index >= 15 is 0 Å². The van der Waals surface area contributed by atoms with Gasteiger partial charge in [0.05, 0.1) is 49.7 Å². The minimum atomic E-state index is -2.81. The number of anilines is 1. The van der Waals surface area contributed by atoms with E-state index in [0.29, 0.717) is 49.0 Å². The van der Waals surface area contributed by atoms with Gasteiger partial charge in [0.2, 0.25) is 0 Å². The van der Waals surface area contributed by atoms with Crippen molar-refractivity contribution in [1.82, 2.24) is 19.6 Å². The molecule has 232 valence electrons. The number of amides is 3. The second-order valence-corrected chi connectivity index (χ2v) is 10.8. The van der Waals surface area contributed by atoms with Crippen molar-refractivity contribution < 1.29 is 37.0 Å². The minimum Gasteiger partial charge on any atom is -0.382 e. The first-order chi connectivity index (χ1) is 20.7. The monoisotopic (exact) mass is 621 g/mol. The number of aryl methyl sites for hydroxylation is 1. The van der Waals surface area contributed by atoms with Gasteiger partial charge in [-0.1, -0.05) is 18.2 Å². The molecule has 0 radical (unpaired) electrons. The van der Waals surface area contributed by atoms with Gasteiger partial charge >= 0.3 is 6.03 Å². The Balaban J connectivity index is 1.44. The van der Waals surface area contributed by atoms with Crippen molar-refractivity contribution in [3.05, 3.63) is 75.8 Å². The van der Waals surface area contributed by atoms with Crippen LogP contribution in [0.5, 0.6) is 0 Å². The predicted molar refractivity (Wildman–Crippen MR) is 154 cm³/mol. The Hall–Kier alpha value is -3.59. The molecule has 2 heterocycles. The van der Waals surface area contributed by atoms with Gasteiger partial charge in [-0.3, -0.25) is 4.79 Å². The lowest BCUT2D eigenvalue weighted by molar-refractivity contribution is 0.0255. The van der Waals surface area contributed by atoms with Crippen molar-refractivity contribution in [2.45, 2.75) is 25.2 Å². The lowest BCUT2D eigenvalue weighted by Gasteiger charge is -2.28. The molecule has 2 N–H and O–H groups in total. The van der Waals surface area contributed by atoms with Crippen molar-refractivity contribution in [3.63, 3.8) is 0 Å². The van der Waals surface area contributed by atoms with Gasteiger partial charge in [0.25, 0.3) is 12.3 Å². The molecule has 0 bridgehead atoms. The fraction of sp³-hybridized carbons (Fsp3) is 0.448.